The van der Waals surface area contributed by atoms with Gasteiger partial charge in [0.25, 0.3) is 5.91 Å². The summed E-state index contributed by atoms with van der Waals surface area (Å²) in [6.45, 7) is 6.78. The number of amides is 1. The first-order valence-electron chi connectivity index (χ1n) is 12.9. The normalized spacial score (nSPS) is 14.0. The third kappa shape index (κ3) is 7.35. The Balaban J connectivity index is 1.22. The van der Waals surface area contributed by atoms with Gasteiger partial charge in [-0.15, -0.1) is 5.10 Å². The fourth-order valence-electron chi connectivity index (χ4n) is 4.16. The Bertz CT molecular complexity index is 1500. The zero-order valence-corrected chi connectivity index (χ0v) is 22.1. The van der Waals surface area contributed by atoms with Crippen molar-refractivity contribution in [3.8, 4) is 5.82 Å². The highest BCUT2D eigenvalue weighted by molar-refractivity contribution is 6.04. The number of hydrogen-bond donors (Lipinski definition) is 3. The van der Waals surface area contributed by atoms with Gasteiger partial charge in [-0.2, -0.15) is 18.2 Å². The highest BCUT2D eigenvalue weighted by Crippen LogP contribution is 2.30. The molecule has 0 atom stereocenters. The molecule has 0 unspecified atom stereocenters. The summed E-state index contributed by atoms with van der Waals surface area (Å²) in [4.78, 5) is 27.8. The van der Waals surface area contributed by atoms with E-state index in [2.05, 4.69) is 40.9 Å². The summed E-state index contributed by atoms with van der Waals surface area (Å²) in [5.41, 5.74) is 0.848. The maximum atomic E-state index is 13.0. The van der Waals surface area contributed by atoms with E-state index in [0.717, 1.165) is 57.1 Å². The van der Waals surface area contributed by atoms with Crippen LogP contribution in [0.25, 0.3) is 5.82 Å². The summed E-state index contributed by atoms with van der Waals surface area (Å²) >= 11 is 0. The van der Waals surface area contributed by atoms with Crippen LogP contribution in [0.2, 0.25) is 0 Å². The van der Waals surface area contributed by atoms with Gasteiger partial charge in [0.2, 0.25) is 5.95 Å². The van der Waals surface area contributed by atoms with Crippen LogP contribution < -0.4 is 16.0 Å². The summed E-state index contributed by atoms with van der Waals surface area (Å²) in [7, 11) is 0. The number of nitrogens with zero attached hydrogens (tertiary/aromatic N) is 6. The number of nitrogens with one attached hydrogen (secondary N) is 3. The van der Waals surface area contributed by atoms with Crippen LogP contribution in [0.4, 0.5) is 36.3 Å². The van der Waals surface area contributed by atoms with Gasteiger partial charge >= 0.3 is 6.18 Å². The molecule has 2 aromatic heterocycles. The molecule has 0 saturated carbocycles. The van der Waals surface area contributed by atoms with E-state index in [0.29, 0.717) is 23.0 Å². The third-order valence-electron chi connectivity index (χ3n) is 6.41. The molecule has 0 bridgehead atoms. The van der Waals surface area contributed by atoms with E-state index in [-0.39, 0.29) is 11.5 Å². The van der Waals surface area contributed by atoms with Crippen LogP contribution in [0.5, 0.6) is 0 Å². The lowest BCUT2D eigenvalue weighted by Gasteiger charge is -2.26. The van der Waals surface area contributed by atoms with Crippen LogP contribution in [-0.4, -0.2) is 74.9 Å². The molecule has 1 aliphatic heterocycles. The van der Waals surface area contributed by atoms with Gasteiger partial charge in [-0.05, 0) is 42.8 Å². The van der Waals surface area contributed by atoms with Crippen molar-refractivity contribution in [3.63, 3.8) is 0 Å². The predicted molar refractivity (Wildman–Crippen MR) is 147 cm³/mol. The van der Waals surface area contributed by atoms with Gasteiger partial charge in [0.1, 0.15) is 18.5 Å². The quantitative estimate of drug-likeness (QED) is 0.274. The van der Waals surface area contributed by atoms with Crippen molar-refractivity contribution in [2.75, 3.05) is 55.3 Å². The van der Waals surface area contributed by atoms with Crippen molar-refractivity contribution in [2.24, 2.45) is 0 Å². The molecule has 1 saturated heterocycles. The van der Waals surface area contributed by atoms with Crippen LogP contribution in [0.3, 0.4) is 0 Å². The van der Waals surface area contributed by atoms with Crippen LogP contribution in [0.15, 0.2) is 61.2 Å². The molecule has 1 aliphatic rings. The molecular weight excluding hydrogens is 539 g/mol. The summed E-state index contributed by atoms with van der Waals surface area (Å²) in [6, 6.07) is 11.1. The number of halogens is 3. The number of morpholine rings is 1. The predicted octanol–water partition coefficient (Wildman–Crippen LogP) is 4.12. The van der Waals surface area contributed by atoms with Crippen molar-refractivity contribution >= 4 is 29.0 Å². The Labute approximate surface area is 233 Å². The lowest BCUT2D eigenvalue weighted by Crippen LogP contribution is -2.39. The van der Waals surface area contributed by atoms with Crippen molar-refractivity contribution in [3.05, 3.63) is 77.9 Å². The van der Waals surface area contributed by atoms with Crippen LogP contribution in [0.1, 0.15) is 21.5 Å². The minimum absolute atomic E-state index is 0.102. The number of alkyl halides is 3. The number of aryl methyl sites for hydroxylation is 1. The minimum Gasteiger partial charge on any atom is -0.379 e. The average Bonchev–Trinajstić information content (AvgIpc) is 3.44. The van der Waals surface area contributed by atoms with Gasteiger partial charge in [-0.25, -0.2) is 14.6 Å². The van der Waals surface area contributed by atoms with Crippen LogP contribution >= 0.6 is 0 Å². The first kappa shape index (κ1) is 28.0. The van der Waals surface area contributed by atoms with Crippen molar-refractivity contribution in [1.82, 2.24) is 29.6 Å². The SMILES string of the molecule is Cc1ccc(NC(=O)c2cccc(C(F)(F)F)c2)cc1Nc1ncn(-c2cc(NCCN3CCOCC3)ncn2)n1. The summed E-state index contributed by atoms with van der Waals surface area (Å²) in [5.74, 6) is 0.808. The number of hydrogen-bond acceptors (Lipinski definition) is 9. The van der Waals surface area contributed by atoms with Gasteiger partial charge in [0.05, 0.1) is 18.8 Å². The molecular formula is C27H28F3N9O2. The number of carbonyl (C=O) groups is 1. The fraction of sp³-hybridized carbons (Fsp3) is 0.296. The molecule has 11 nitrogen and oxygen atoms in total. The largest absolute Gasteiger partial charge is 0.416 e. The van der Waals surface area contributed by atoms with E-state index in [1.165, 1.54) is 29.5 Å². The topological polar surface area (TPSA) is 122 Å². The van der Waals surface area contributed by atoms with Gasteiger partial charge in [0.15, 0.2) is 5.82 Å². The lowest BCUT2D eigenvalue weighted by molar-refractivity contribution is -0.137. The van der Waals surface area contributed by atoms with Crippen molar-refractivity contribution in [1.29, 1.82) is 0 Å². The second-order valence-electron chi connectivity index (χ2n) is 9.34. The molecule has 5 rings (SSSR count). The third-order valence-corrected chi connectivity index (χ3v) is 6.41. The molecule has 1 amide bonds. The fourth-order valence-corrected chi connectivity index (χ4v) is 4.16. The zero-order chi connectivity index (χ0) is 28.8. The summed E-state index contributed by atoms with van der Waals surface area (Å²) < 4.78 is 46.0. The van der Waals surface area contributed by atoms with E-state index in [1.807, 2.05) is 6.92 Å². The Morgan fingerprint density at radius 1 is 1.05 bits per heavy atom. The zero-order valence-electron chi connectivity index (χ0n) is 22.1. The number of carbonyl (C=O) groups excluding carboxylic acids is 1. The standard InChI is InChI=1S/C27H28F3N9O2/c1-18-5-6-21(35-25(40)19-3-2-4-20(13-19)27(28,29)30)14-22(18)36-26-34-17-39(37-26)24-15-23(32-16-33-24)31-7-8-38-9-11-41-12-10-38/h2-6,13-17H,7-12H2,1H3,(H,35,40)(H,36,37)(H,31,32,33). The summed E-state index contributed by atoms with van der Waals surface area (Å²) in [5, 5.41) is 13.5. The van der Waals surface area contributed by atoms with E-state index < -0.39 is 17.6 Å². The second-order valence-corrected chi connectivity index (χ2v) is 9.34. The van der Waals surface area contributed by atoms with Crippen molar-refractivity contribution in [2.45, 2.75) is 13.1 Å². The monoisotopic (exact) mass is 567 g/mol. The average molecular weight is 568 g/mol. The first-order chi connectivity index (χ1) is 19.7. The molecule has 41 heavy (non-hydrogen) atoms. The van der Waals surface area contributed by atoms with E-state index >= 15 is 0 Å². The molecule has 2 aromatic carbocycles. The van der Waals surface area contributed by atoms with Gasteiger partial charge in [-0.3, -0.25) is 9.69 Å². The van der Waals surface area contributed by atoms with Crippen LogP contribution in [0, 0.1) is 6.92 Å². The number of rotatable bonds is 9. The van der Waals surface area contributed by atoms with E-state index in [4.69, 9.17) is 4.74 Å². The molecule has 3 N–H and O–H groups in total. The maximum Gasteiger partial charge on any atom is 0.416 e. The Morgan fingerprint density at radius 2 is 1.88 bits per heavy atom. The smallest absolute Gasteiger partial charge is 0.379 e. The van der Waals surface area contributed by atoms with E-state index in [9.17, 15) is 18.0 Å². The molecule has 214 valence electrons. The van der Waals surface area contributed by atoms with Gasteiger partial charge < -0.3 is 20.7 Å². The lowest BCUT2D eigenvalue weighted by atomic mass is 10.1. The van der Waals surface area contributed by atoms with Gasteiger partial charge in [-0.1, -0.05) is 12.1 Å². The number of anilines is 4. The second kappa shape index (κ2) is 12.3. The number of ether oxygens (including phenoxy) is 1. The summed E-state index contributed by atoms with van der Waals surface area (Å²) in [6.07, 6.45) is -1.58. The van der Waals surface area contributed by atoms with E-state index in [1.54, 1.807) is 24.3 Å². The maximum absolute atomic E-state index is 13.0. The van der Waals surface area contributed by atoms with Gasteiger partial charge in [0, 0.05) is 49.2 Å². The number of aromatic nitrogens is 5. The molecule has 1 fully saturated rings. The Morgan fingerprint density at radius 3 is 2.68 bits per heavy atom. The highest BCUT2D eigenvalue weighted by atomic mass is 19.4. The van der Waals surface area contributed by atoms with Crippen molar-refractivity contribution < 1.29 is 22.7 Å². The Kier molecular flexibility index (Phi) is 8.40. The number of benzene rings is 2. The molecule has 0 radical (unpaired) electrons. The van der Waals surface area contributed by atoms with Crippen LogP contribution in [-0.2, 0) is 10.9 Å². The molecule has 4 aromatic rings. The molecule has 3 heterocycles. The molecule has 0 aliphatic carbocycles. The molecule has 0 spiro atoms. The minimum atomic E-state index is -4.54. The first-order valence-corrected chi connectivity index (χ1v) is 12.9. The highest BCUT2D eigenvalue weighted by Gasteiger charge is 2.31. The Hall–Kier alpha value is -4.56. The molecule has 14 heteroatoms.